The number of aliphatic hydroxyl groups excluding tert-OH is 1. The first-order valence-corrected chi connectivity index (χ1v) is 7.39. The fraction of sp³-hybridized carbons (Fsp3) is 0.727. The molecule has 0 aromatic carbocycles. The van der Waals surface area contributed by atoms with Gasteiger partial charge in [-0.15, -0.1) is 6.58 Å². The van der Waals surface area contributed by atoms with Crippen LogP contribution < -0.4 is 0 Å². The molecule has 0 radical (unpaired) electrons. The predicted octanol–water partition coefficient (Wildman–Crippen LogP) is 0.0498. The van der Waals surface area contributed by atoms with Crippen LogP contribution in [0.4, 0.5) is 0 Å². The van der Waals surface area contributed by atoms with Crippen molar-refractivity contribution in [2.75, 3.05) is 19.7 Å². The van der Waals surface area contributed by atoms with Crippen LogP contribution in [0.2, 0.25) is 0 Å². The number of carboxylic acid groups (broad SMARTS) is 1. The van der Waals surface area contributed by atoms with Crippen LogP contribution in [0.3, 0.4) is 0 Å². The zero-order valence-electron chi connectivity index (χ0n) is 10.2. The Balaban J connectivity index is 2.95. The van der Waals surface area contributed by atoms with Crippen molar-refractivity contribution in [3.63, 3.8) is 0 Å². The Bertz CT molecular complexity index is 406. The molecule has 1 aliphatic carbocycles. The molecule has 1 aliphatic rings. The summed E-state index contributed by atoms with van der Waals surface area (Å²) in [6.07, 6.45) is 2.78. The molecule has 0 heterocycles. The number of sulfonamides is 1. The molecule has 0 aromatic heterocycles. The van der Waals surface area contributed by atoms with E-state index in [2.05, 4.69) is 6.58 Å². The third-order valence-corrected chi connectivity index (χ3v) is 5.58. The first-order chi connectivity index (χ1) is 8.45. The van der Waals surface area contributed by atoms with Crippen LogP contribution in [0.25, 0.3) is 0 Å². The van der Waals surface area contributed by atoms with Gasteiger partial charge in [-0.2, -0.15) is 4.31 Å². The molecule has 7 heteroatoms. The molecule has 2 atom stereocenters. The summed E-state index contributed by atoms with van der Waals surface area (Å²) < 4.78 is 25.8. The van der Waals surface area contributed by atoms with Crippen molar-refractivity contribution in [1.82, 2.24) is 4.31 Å². The minimum absolute atomic E-state index is 0.0306. The molecule has 0 bridgehead atoms. The Morgan fingerprint density at radius 2 is 2.11 bits per heavy atom. The number of aliphatic hydroxyl groups is 1. The molecule has 6 nitrogen and oxygen atoms in total. The maximum absolute atomic E-state index is 12.3. The number of carbonyl (C=O) groups is 1. The van der Waals surface area contributed by atoms with Crippen LogP contribution in [0.1, 0.15) is 19.3 Å². The molecule has 104 valence electrons. The van der Waals surface area contributed by atoms with Gasteiger partial charge in [-0.1, -0.05) is 12.5 Å². The molecule has 0 spiro atoms. The van der Waals surface area contributed by atoms with E-state index in [4.69, 9.17) is 10.2 Å². The van der Waals surface area contributed by atoms with Crippen LogP contribution in [0.5, 0.6) is 0 Å². The summed E-state index contributed by atoms with van der Waals surface area (Å²) in [6.45, 7) is 3.24. The van der Waals surface area contributed by atoms with Crippen molar-refractivity contribution in [3.05, 3.63) is 12.7 Å². The number of hydrogen-bond acceptors (Lipinski definition) is 4. The van der Waals surface area contributed by atoms with Gasteiger partial charge in [-0.05, 0) is 12.8 Å². The van der Waals surface area contributed by atoms with E-state index in [1.807, 2.05) is 0 Å². The number of nitrogens with zero attached hydrogens (tertiary/aromatic N) is 1. The van der Waals surface area contributed by atoms with Crippen molar-refractivity contribution < 1.29 is 23.4 Å². The Kier molecular flexibility index (Phi) is 5.30. The lowest BCUT2D eigenvalue weighted by Crippen LogP contribution is -2.43. The summed E-state index contributed by atoms with van der Waals surface area (Å²) in [5.74, 6) is -1.91. The van der Waals surface area contributed by atoms with E-state index in [-0.39, 0.29) is 19.7 Å². The van der Waals surface area contributed by atoms with Crippen LogP contribution in [-0.4, -0.2) is 53.9 Å². The maximum atomic E-state index is 12.3. The third kappa shape index (κ3) is 3.09. The van der Waals surface area contributed by atoms with E-state index >= 15 is 0 Å². The van der Waals surface area contributed by atoms with Gasteiger partial charge in [0.15, 0.2) is 0 Å². The minimum Gasteiger partial charge on any atom is -0.481 e. The quantitative estimate of drug-likeness (QED) is 0.641. The van der Waals surface area contributed by atoms with Gasteiger partial charge in [-0.3, -0.25) is 4.79 Å². The third-order valence-electron chi connectivity index (χ3n) is 3.19. The van der Waals surface area contributed by atoms with Crippen molar-refractivity contribution in [1.29, 1.82) is 0 Å². The van der Waals surface area contributed by atoms with Gasteiger partial charge in [0.1, 0.15) is 0 Å². The number of aliphatic carboxylic acids is 1. The molecular formula is C11H19NO5S. The molecular weight excluding hydrogens is 258 g/mol. The minimum atomic E-state index is -3.70. The molecule has 1 fully saturated rings. The van der Waals surface area contributed by atoms with Crippen LogP contribution >= 0.6 is 0 Å². The Morgan fingerprint density at radius 3 is 2.61 bits per heavy atom. The van der Waals surface area contributed by atoms with E-state index in [1.165, 1.54) is 6.08 Å². The maximum Gasteiger partial charge on any atom is 0.307 e. The van der Waals surface area contributed by atoms with Gasteiger partial charge in [0, 0.05) is 13.1 Å². The van der Waals surface area contributed by atoms with E-state index in [0.717, 1.165) is 4.31 Å². The molecule has 1 saturated carbocycles. The van der Waals surface area contributed by atoms with Crippen molar-refractivity contribution in [3.8, 4) is 0 Å². The van der Waals surface area contributed by atoms with Gasteiger partial charge in [0.25, 0.3) is 0 Å². The summed E-state index contributed by atoms with van der Waals surface area (Å²) in [5.41, 5.74) is 0. The van der Waals surface area contributed by atoms with Crippen LogP contribution in [-0.2, 0) is 14.8 Å². The van der Waals surface area contributed by atoms with Gasteiger partial charge >= 0.3 is 5.97 Å². The van der Waals surface area contributed by atoms with Gasteiger partial charge in [0.05, 0.1) is 17.8 Å². The molecule has 2 N–H and O–H groups in total. The largest absolute Gasteiger partial charge is 0.481 e. The highest BCUT2D eigenvalue weighted by Crippen LogP contribution is 2.33. The smallest absolute Gasteiger partial charge is 0.307 e. The first kappa shape index (κ1) is 15.1. The second-order valence-corrected chi connectivity index (χ2v) is 6.48. The fourth-order valence-corrected chi connectivity index (χ4v) is 4.50. The van der Waals surface area contributed by atoms with Crippen molar-refractivity contribution >= 4 is 16.0 Å². The average molecular weight is 277 g/mol. The molecule has 18 heavy (non-hydrogen) atoms. The summed E-state index contributed by atoms with van der Waals surface area (Å²) in [4.78, 5) is 11.0. The average Bonchev–Trinajstić information content (AvgIpc) is 2.78. The molecule has 0 saturated heterocycles. The highest BCUT2D eigenvalue weighted by Gasteiger charge is 2.43. The van der Waals surface area contributed by atoms with Crippen molar-refractivity contribution in [2.24, 2.45) is 5.92 Å². The Morgan fingerprint density at radius 1 is 1.44 bits per heavy atom. The lowest BCUT2D eigenvalue weighted by Gasteiger charge is -2.25. The molecule has 0 amide bonds. The molecule has 1 rings (SSSR count). The summed E-state index contributed by atoms with van der Waals surface area (Å²) in [7, 11) is -3.70. The fourth-order valence-electron chi connectivity index (χ4n) is 2.33. The van der Waals surface area contributed by atoms with E-state index in [9.17, 15) is 13.2 Å². The van der Waals surface area contributed by atoms with Gasteiger partial charge in [0.2, 0.25) is 10.0 Å². The van der Waals surface area contributed by atoms with Crippen molar-refractivity contribution in [2.45, 2.75) is 24.5 Å². The summed E-state index contributed by atoms with van der Waals surface area (Å²) in [5, 5.41) is 17.0. The monoisotopic (exact) mass is 277 g/mol. The number of hydrogen-bond donors (Lipinski definition) is 2. The lowest BCUT2D eigenvalue weighted by molar-refractivity contribution is -0.141. The normalized spacial score (nSPS) is 24.3. The summed E-state index contributed by atoms with van der Waals surface area (Å²) in [6, 6.07) is 0. The number of rotatable bonds is 7. The standard InChI is InChI=1S/C11H19NO5S/c1-2-6-12(7-8-13)18(16,17)10-5-3-4-9(10)11(14)15/h2,9-10,13H,1,3-8H2,(H,14,15). The van der Waals surface area contributed by atoms with Gasteiger partial charge < -0.3 is 10.2 Å². The number of carboxylic acids is 1. The van der Waals surface area contributed by atoms with E-state index in [1.54, 1.807) is 0 Å². The Labute approximate surface area is 107 Å². The van der Waals surface area contributed by atoms with Gasteiger partial charge in [-0.25, -0.2) is 8.42 Å². The Hall–Kier alpha value is -0.920. The molecule has 0 aromatic rings. The van der Waals surface area contributed by atoms with Crippen LogP contribution in [0.15, 0.2) is 12.7 Å². The lowest BCUT2D eigenvalue weighted by atomic mass is 10.1. The molecule has 2 unspecified atom stereocenters. The zero-order chi connectivity index (χ0) is 13.8. The topological polar surface area (TPSA) is 94.9 Å². The predicted molar refractivity (Wildman–Crippen MR) is 66.5 cm³/mol. The van der Waals surface area contributed by atoms with E-state index < -0.39 is 27.2 Å². The summed E-state index contributed by atoms with van der Waals surface area (Å²) >= 11 is 0. The molecule has 0 aliphatic heterocycles. The first-order valence-electron chi connectivity index (χ1n) is 5.88. The van der Waals surface area contributed by atoms with Crippen LogP contribution in [0, 0.1) is 5.92 Å². The SMILES string of the molecule is C=CCN(CCO)S(=O)(=O)C1CCCC1C(=O)O. The zero-order valence-corrected chi connectivity index (χ0v) is 11.0. The van der Waals surface area contributed by atoms with E-state index in [0.29, 0.717) is 19.3 Å². The second-order valence-electron chi connectivity index (χ2n) is 4.33. The second kappa shape index (κ2) is 6.31. The highest BCUT2D eigenvalue weighted by atomic mass is 32.2. The highest BCUT2D eigenvalue weighted by molar-refractivity contribution is 7.89.